The minimum absolute atomic E-state index is 0.203. The number of sulfone groups is 1. The molecule has 1 fully saturated rings. The minimum Gasteiger partial charge on any atom is -0.381 e. The van der Waals surface area contributed by atoms with Crippen molar-refractivity contribution in [2.24, 2.45) is 5.73 Å². The van der Waals surface area contributed by atoms with Crippen LogP contribution in [-0.4, -0.2) is 26.9 Å². The van der Waals surface area contributed by atoms with Gasteiger partial charge in [0.1, 0.15) is 5.82 Å². The van der Waals surface area contributed by atoms with Crippen LogP contribution < -0.4 is 5.73 Å². The number of halogens is 1. The van der Waals surface area contributed by atoms with Gasteiger partial charge < -0.3 is 10.5 Å². The zero-order valence-corrected chi connectivity index (χ0v) is 11.5. The van der Waals surface area contributed by atoms with E-state index in [1.54, 1.807) is 6.07 Å². The molecule has 19 heavy (non-hydrogen) atoms. The van der Waals surface area contributed by atoms with Crippen molar-refractivity contribution in [3.8, 4) is 0 Å². The molecule has 1 aromatic carbocycles. The van der Waals surface area contributed by atoms with Crippen molar-refractivity contribution in [1.82, 2.24) is 0 Å². The normalized spacial score (nSPS) is 17.6. The lowest BCUT2D eigenvalue weighted by Crippen LogP contribution is -2.30. The molecule has 0 bridgehead atoms. The second-order valence-corrected chi connectivity index (χ2v) is 7.03. The van der Waals surface area contributed by atoms with Gasteiger partial charge in [0.05, 0.1) is 11.0 Å². The average Bonchev–Trinajstić information content (AvgIpc) is 2.42. The first-order chi connectivity index (χ1) is 9.03. The van der Waals surface area contributed by atoms with Crippen LogP contribution in [0.2, 0.25) is 0 Å². The van der Waals surface area contributed by atoms with E-state index < -0.39 is 20.9 Å². The van der Waals surface area contributed by atoms with E-state index in [0.29, 0.717) is 26.1 Å². The third-order valence-electron chi connectivity index (χ3n) is 3.38. The molecule has 0 atom stereocenters. The summed E-state index contributed by atoms with van der Waals surface area (Å²) in [5, 5.41) is -0.429. The lowest BCUT2D eigenvalue weighted by atomic mass is 10.1. The number of hydrogen-bond acceptors (Lipinski definition) is 4. The van der Waals surface area contributed by atoms with E-state index in [0.717, 1.165) is 5.56 Å². The van der Waals surface area contributed by atoms with E-state index in [9.17, 15) is 12.8 Å². The molecule has 2 N–H and O–H groups in total. The van der Waals surface area contributed by atoms with Gasteiger partial charge in [-0.15, -0.1) is 0 Å². The fourth-order valence-electron chi connectivity index (χ4n) is 2.24. The third kappa shape index (κ3) is 3.52. The maximum atomic E-state index is 13.7. The van der Waals surface area contributed by atoms with Crippen molar-refractivity contribution in [3.63, 3.8) is 0 Å². The van der Waals surface area contributed by atoms with Gasteiger partial charge in [-0.25, -0.2) is 12.8 Å². The number of ether oxygens (including phenoxy) is 1. The topological polar surface area (TPSA) is 69.4 Å². The largest absolute Gasteiger partial charge is 0.381 e. The smallest absolute Gasteiger partial charge is 0.157 e. The van der Waals surface area contributed by atoms with E-state index in [-0.39, 0.29) is 17.9 Å². The third-order valence-corrected chi connectivity index (χ3v) is 5.58. The first kappa shape index (κ1) is 14.4. The lowest BCUT2D eigenvalue weighted by molar-refractivity contribution is 0.0983. The Morgan fingerprint density at radius 1 is 1.32 bits per heavy atom. The Bertz CT molecular complexity index is 539. The van der Waals surface area contributed by atoms with Gasteiger partial charge in [0.15, 0.2) is 9.84 Å². The molecule has 0 saturated carbocycles. The highest BCUT2D eigenvalue weighted by atomic mass is 32.2. The van der Waals surface area contributed by atoms with Gasteiger partial charge >= 0.3 is 0 Å². The van der Waals surface area contributed by atoms with Crippen LogP contribution in [-0.2, 0) is 26.9 Å². The van der Waals surface area contributed by atoms with Crippen molar-refractivity contribution in [2.75, 3.05) is 13.2 Å². The van der Waals surface area contributed by atoms with Gasteiger partial charge in [0.25, 0.3) is 0 Å². The highest BCUT2D eigenvalue weighted by Gasteiger charge is 2.28. The Kier molecular flexibility index (Phi) is 4.54. The summed E-state index contributed by atoms with van der Waals surface area (Å²) in [5.41, 5.74) is 6.42. The summed E-state index contributed by atoms with van der Waals surface area (Å²) >= 11 is 0. The van der Waals surface area contributed by atoms with E-state index >= 15 is 0 Å². The van der Waals surface area contributed by atoms with Gasteiger partial charge in [0.2, 0.25) is 0 Å². The molecule has 0 radical (unpaired) electrons. The van der Waals surface area contributed by atoms with E-state index in [1.807, 2.05) is 0 Å². The Labute approximate surface area is 112 Å². The fraction of sp³-hybridized carbons (Fsp3) is 0.538. The second-order valence-electron chi connectivity index (χ2n) is 4.75. The zero-order valence-electron chi connectivity index (χ0n) is 10.6. The van der Waals surface area contributed by atoms with Crippen molar-refractivity contribution >= 4 is 9.84 Å². The van der Waals surface area contributed by atoms with Gasteiger partial charge in [-0.1, -0.05) is 12.1 Å². The molecule has 0 aromatic heterocycles. The summed E-state index contributed by atoms with van der Waals surface area (Å²) in [4.78, 5) is 0. The monoisotopic (exact) mass is 287 g/mol. The lowest BCUT2D eigenvalue weighted by Gasteiger charge is -2.22. The molecular formula is C13H18FNO3S. The van der Waals surface area contributed by atoms with Gasteiger partial charge in [0, 0.05) is 25.3 Å². The van der Waals surface area contributed by atoms with Crippen molar-refractivity contribution in [3.05, 3.63) is 35.1 Å². The van der Waals surface area contributed by atoms with E-state index in [4.69, 9.17) is 10.5 Å². The van der Waals surface area contributed by atoms with Crippen LogP contribution in [0, 0.1) is 5.82 Å². The summed E-state index contributed by atoms with van der Waals surface area (Å²) in [6.45, 7) is 1.18. The van der Waals surface area contributed by atoms with Crippen molar-refractivity contribution in [1.29, 1.82) is 0 Å². The minimum atomic E-state index is -3.34. The molecule has 1 saturated heterocycles. The maximum Gasteiger partial charge on any atom is 0.157 e. The Morgan fingerprint density at radius 3 is 2.63 bits per heavy atom. The predicted octanol–water partition coefficient (Wildman–Crippen LogP) is 1.38. The quantitative estimate of drug-likeness (QED) is 0.908. The van der Waals surface area contributed by atoms with Gasteiger partial charge in [-0.05, 0) is 24.5 Å². The SMILES string of the molecule is NCc1ccc(F)c(CS(=O)(=O)C2CCOCC2)c1. The molecule has 2 rings (SSSR count). The molecule has 1 heterocycles. The summed E-state index contributed by atoms with van der Waals surface area (Å²) in [6, 6.07) is 4.38. The number of benzene rings is 1. The van der Waals surface area contributed by atoms with E-state index in [1.165, 1.54) is 12.1 Å². The molecule has 1 aliphatic rings. The van der Waals surface area contributed by atoms with Crippen LogP contribution in [0.4, 0.5) is 4.39 Å². The summed E-state index contributed by atoms with van der Waals surface area (Å²) in [7, 11) is -3.34. The van der Waals surface area contributed by atoms with Crippen LogP contribution in [0.1, 0.15) is 24.0 Å². The van der Waals surface area contributed by atoms with Crippen LogP contribution in [0.5, 0.6) is 0 Å². The average molecular weight is 287 g/mol. The highest BCUT2D eigenvalue weighted by molar-refractivity contribution is 7.91. The van der Waals surface area contributed by atoms with Crippen LogP contribution in [0.15, 0.2) is 18.2 Å². The summed E-state index contributed by atoms with van der Waals surface area (Å²) < 4.78 is 43.3. The summed E-state index contributed by atoms with van der Waals surface area (Å²) in [6.07, 6.45) is 0.973. The van der Waals surface area contributed by atoms with Crippen LogP contribution >= 0.6 is 0 Å². The van der Waals surface area contributed by atoms with Crippen molar-refractivity contribution in [2.45, 2.75) is 30.4 Å². The first-order valence-electron chi connectivity index (χ1n) is 6.29. The Morgan fingerprint density at radius 2 is 2.00 bits per heavy atom. The molecule has 0 spiro atoms. The molecule has 1 aliphatic heterocycles. The predicted molar refractivity (Wildman–Crippen MR) is 70.8 cm³/mol. The fourth-order valence-corrected chi connectivity index (χ4v) is 4.04. The van der Waals surface area contributed by atoms with Gasteiger partial charge in [-0.3, -0.25) is 0 Å². The number of nitrogens with two attached hydrogens (primary N) is 1. The van der Waals surface area contributed by atoms with Crippen LogP contribution in [0.25, 0.3) is 0 Å². The van der Waals surface area contributed by atoms with E-state index in [2.05, 4.69) is 0 Å². The standard InChI is InChI=1S/C13H18FNO3S/c14-13-2-1-10(8-15)7-11(13)9-19(16,17)12-3-5-18-6-4-12/h1-2,7,12H,3-6,8-9,15H2. The molecular weight excluding hydrogens is 269 g/mol. The Balaban J connectivity index is 2.19. The molecule has 0 unspecified atom stereocenters. The van der Waals surface area contributed by atoms with Crippen LogP contribution in [0.3, 0.4) is 0 Å². The molecule has 106 valence electrons. The molecule has 6 heteroatoms. The molecule has 0 aliphatic carbocycles. The highest BCUT2D eigenvalue weighted by Crippen LogP contribution is 2.22. The molecule has 4 nitrogen and oxygen atoms in total. The molecule has 0 amide bonds. The number of rotatable bonds is 4. The maximum absolute atomic E-state index is 13.7. The first-order valence-corrected chi connectivity index (χ1v) is 8.01. The second kappa shape index (κ2) is 5.98. The Hall–Kier alpha value is -0.980. The zero-order chi connectivity index (χ0) is 13.9. The molecule has 1 aromatic rings. The summed E-state index contributed by atoms with van der Waals surface area (Å²) in [5.74, 6) is -0.759. The van der Waals surface area contributed by atoms with Gasteiger partial charge in [-0.2, -0.15) is 0 Å². The van der Waals surface area contributed by atoms with Crippen molar-refractivity contribution < 1.29 is 17.5 Å². The number of hydrogen-bond donors (Lipinski definition) is 1.